The van der Waals surface area contributed by atoms with Crippen molar-refractivity contribution < 1.29 is 13.9 Å². The molecule has 27 heavy (non-hydrogen) atoms. The van der Waals surface area contributed by atoms with Crippen molar-refractivity contribution in [1.82, 2.24) is 4.98 Å². The molecule has 0 N–H and O–H groups in total. The van der Waals surface area contributed by atoms with Crippen molar-refractivity contribution in [2.75, 3.05) is 11.5 Å². The van der Waals surface area contributed by atoms with E-state index in [1.807, 2.05) is 32.0 Å². The zero-order valence-electron chi connectivity index (χ0n) is 15.4. The van der Waals surface area contributed by atoms with E-state index in [4.69, 9.17) is 4.74 Å². The predicted molar refractivity (Wildman–Crippen MR) is 103 cm³/mol. The number of halogens is 1. The molecule has 0 bridgehead atoms. The minimum atomic E-state index is -0.359. The number of nitrogens with zero attached hydrogens (tertiary/aromatic N) is 2. The fraction of sp³-hybridized carbons (Fsp3) is 0.182. The quantitative estimate of drug-likeness (QED) is 0.649. The number of hydrogen-bond acceptors (Lipinski definition) is 3. The van der Waals surface area contributed by atoms with Crippen molar-refractivity contribution in [3.63, 3.8) is 0 Å². The lowest BCUT2D eigenvalue weighted by atomic mass is 10.1. The second-order valence-corrected chi connectivity index (χ2v) is 6.27. The Morgan fingerprint density at radius 3 is 2.37 bits per heavy atom. The van der Waals surface area contributed by atoms with Gasteiger partial charge in [0, 0.05) is 11.8 Å². The Balaban J connectivity index is 1.82. The standard InChI is InChI=1S/C22H21FN2O2/c1-16-8-7-9-17(2)22(16)27-15-21(26)25(20-12-5-6-13-24-20)14-18-10-3-4-11-19(18)23/h3-13H,14-15H2,1-2H3. The Morgan fingerprint density at radius 2 is 1.70 bits per heavy atom. The second-order valence-electron chi connectivity index (χ2n) is 6.27. The normalized spacial score (nSPS) is 10.5. The number of carbonyl (C=O) groups excluding carboxylic acids is 1. The van der Waals surface area contributed by atoms with Crippen LogP contribution in [0.4, 0.5) is 10.2 Å². The van der Waals surface area contributed by atoms with Crippen molar-refractivity contribution >= 4 is 11.7 Å². The Hall–Kier alpha value is -3.21. The van der Waals surface area contributed by atoms with Crippen molar-refractivity contribution in [3.05, 3.63) is 89.4 Å². The number of ether oxygens (including phenoxy) is 1. The van der Waals surface area contributed by atoms with Crippen LogP contribution in [0, 0.1) is 19.7 Å². The lowest BCUT2D eigenvalue weighted by Gasteiger charge is -2.22. The highest BCUT2D eigenvalue weighted by Crippen LogP contribution is 2.23. The van der Waals surface area contributed by atoms with Gasteiger partial charge in [-0.1, -0.05) is 42.5 Å². The van der Waals surface area contributed by atoms with Crippen LogP contribution in [0.3, 0.4) is 0 Å². The first-order valence-electron chi connectivity index (χ1n) is 8.70. The molecule has 0 radical (unpaired) electrons. The maximum atomic E-state index is 14.1. The first-order valence-corrected chi connectivity index (χ1v) is 8.70. The smallest absolute Gasteiger partial charge is 0.266 e. The van der Waals surface area contributed by atoms with Gasteiger partial charge in [-0.3, -0.25) is 9.69 Å². The molecule has 0 fully saturated rings. The van der Waals surface area contributed by atoms with Crippen molar-refractivity contribution in [3.8, 4) is 5.75 Å². The Kier molecular flexibility index (Phi) is 5.81. The van der Waals surface area contributed by atoms with Gasteiger partial charge in [-0.25, -0.2) is 9.37 Å². The zero-order valence-corrected chi connectivity index (χ0v) is 15.4. The molecule has 0 atom stereocenters. The lowest BCUT2D eigenvalue weighted by molar-refractivity contribution is -0.120. The van der Waals surface area contributed by atoms with E-state index in [2.05, 4.69) is 4.98 Å². The minimum absolute atomic E-state index is 0.0820. The molecule has 1 aromatic heterocycles. The van der Waals surface area contributed by atoms with Crippen LogP contribution in [0.1, 0.15) is 16.7 Å². The second kappa shape index (κ2) is 8.45. The number of hydrogen-bond donors (Lipinski definition) is 0. The van der Waals surface area contributed by atoms with Crippen LogP contribution in [0.5, 0.6) is 5.75 Å². The van der Waals surface area contributed by atoms with Gasteiger partial charge in [-0.05, 0) is 43.2 Å². The van der Waals surface area contributed by atoms with Crippen LogP contribution < -0.4 is 9.64 Å². The van der Waals surface area contributed by atoms with Gasteiger partial charge in [0.2, 0.25) is 0 Å². The summed E-state index contributed by atoms with van der Waals surface area (Å²) in [5.74, 6) is 0.495. The third-order valence-electron chi connectivity index (χ3n) is 4.26. The van der Waals surface area contributed by atoms with E-state index in [0.29, 0.717) is 17.1 Å². The summed E-state index contributed by atoms with van der Waals surface area (Å²) in [7, 11) is 0. The van der Waals surface area contributed by atoms with Gasteiger partial charge in [-0.15, -0.1) is 0 Å². The number of aryl methyl sites for hydroxylation is 2. The van der Waals surface area contributed by atoms with Crippen LogP contribution in [0.25, 0.3) is 0 Å². The van der Waals surface area contributed by atoms with Crippen molar-refractivity contribution in [1.29, 1.82) is 0 Å². The Morgan fingerprint density at radius 1 is 1.00 bits per heavy atom. The molecule has 0 saturated heterocycles. The number of aromatic nitrogens is 1. The molecule has 2 aromatic carbocycles. The predicted octanol–water partition coefficient (Wildman–Crippen LogP) is 4.45. The molecule has 0 spiro atoms. The molecule has 3 aromatic rings. The molecule has 1 heterocycles. The number of amides is 1. The summed E-state index contributed by atoms with van der Waals surface area (Å²) in [5, 5.41) is 0. The number of para-hydroxylation sites is 1. The number of carbonyl (C=O) groups is 1. The van der Waals surface area contributed by atoms with Crippen LogP contribution in [0.2, 0.25) is 0 Å². The number of rotatable bonds is 6. The van der Waals surface area contributed by atoms with Gasteiger partial charge in [0.05, 0.1) is 6.54 Å². The highest BCUT2D eigenvalue weighted by molar-refractivity contribution is 5.93. The third kappa shape index (κ3) is 4.50. The summed E-state index contributed by atoms with van der Waals surface area (Å²) in [4.78, 5) is 18.6. The summed E-state index contributed by atoms with van der Waals surface area (Å²) in [6.07, 6.45) is 1.60. The van der Waals surface area contributed by atoms with E-state index in [-0.39, 0.29) is 24.9 Å². The average molecular weight is 364 g/mol. The molecule has 5 heteroatoms. The van der Waals surface area contributed by atoms with Gasteiger partial charge in [0.15, 0.2) is 6.61 Å². The number of pyridine rings is 1. The fourth-order valence-corrected chi connectivity index (χ4v) is 2.85. The third-order valence-corrected chi connectivity index (χ3v) is 4.26. The summed E-state index contributed by atoms with van der Waals surface area (Å²) in [6.45, 7) is 3.79. The number of benzene rings is 2. The van der Waals surface area contributed by atoms with Gasteiger partial charge in [0.25, 0.3) is 5.91 Å². The van der Waals surface area contributed by atoms with Crippen LogP contribution in [-0.2, 0) is 11.3 Å². The van der Waals surface area contributed by atoms with Crippen molar-refractivity contribution in [2.24, 2.45) is 0 Å². The molecule has 4 nitrogen and oxygen atoms in total. The lowest BCUT2D eigenvalue weighted by Crippen LogP contribution is -2.35. The molecule has 0 aliphatic heterocycles. The summed E-state index contributed by atoms with van der Waals surface area (Å²) in [6, 6.07) is 17.5. The topological polar surface area (TPSA) is 42.4 Å². The van der Waals surface area contributed by atoms with E-state index in [0.717, 1.165) is 11.1 Å². The van der Waals surface area contributed by atoms with Gasteiger partial charge < -0.3 is 4.74 Å². The first-order chi connectivity index (χ1) is 13.1. The molecular weight excluding hydrogens is 343 g/mol. The summed E-state index contributed by atoms with van der Waals surface area (Å²) < 4.78 is 19.9. The van der Waals surface area contributed by atoms with E-state index in [1.165, 1.54) is 11.0 Å². The first kappa shape index (κ1) is 18.6. The maximum absolute atomic E-state index is 14.1. The van der Waals surface area contributed by atoms with Gasteiger partial charge in [0.1, 0.15) is 17.4 Å². The zero-order chi connectivity index (χ0) is 19.2. The average Bonchev–Trinajstić information content (AvgIpc) is 2.67. The van der Waals surface area contributed by atoms with Crippen LogP contribution >= 0.6 is 0 Å². The Labute approximate surface area is 158 Å². The fourth-order valence-electron chi connectivity index (χ4n) is 2.85. The van der Waals surface area contributed by atoms with Crippen LogP contribution in [-0.4, -0.2) is 17.5 Å². The highest BCUT2D eigenvalue weighted by Gasteiger charge is 2.20. The molecule has 3 rings (SSSR count). The molecule has 0 saturated carbocycles. The van der Waals surface area contributed by atoms with Crippen LogP contribution in [0.15, 0.2) is 66.9 Å². The molecule has 0 aliphatic carbocycles. The molecule has 1 amide bonds. The van der Waals surface area contributed by atoms with Gasteiger partial charge >= 0.3 is 0 Å². The largest absolute Gasteiger partial charge is 0.483 e. The minimum Gasteiger partial charge on any atom is -0.483 e. The number of anilines is 1. The molecule has 0 aliphatic rings. The van der Waals surface area contributed by atoms with E-state index in [1.54, 1.807) is 42.6 Å². The SMILES string of the molecule is Cc1cccc(C)c1OCC(=O)N(Cc1ccccc1F)c1ccccn1. The highest BCUT2D eigenvalue weighted by atomic mass is 19.1. The summed E-state index contributed by atoms with van der Waals surface area (Å²) in [5.41, 5.74) is 2.34. The van der Waals surface area contributed by atoms with E-state index < -0.39 is 0 Å². The monoisotopic (exact) mass is 364 g/mol. The van der Waals surface area contributed by atoms with E-state index in [9.17, 15) is 9.18 Å². The molecule has 0 unspecified atom stereocenters. The Bertz CT molecular complexity index is 908. The van der Waals surface area contributed by atoms with Crippen molar-refractivity contribution in [2.45, 2.75) is 20.4 Å². The van der Waals surface area contributed by atoms with Gasteiger partial charge in [-0.2, -0.15) is 0 Å². The van der Waals surface area contributed by atoms with E-state index >= 15 is 0 Å². The maximum Gasteiger partial charge on any atom is 0.266 e. The molecule has 138 valence electrons. The molecular formula is C22H21FN2O2. The summed E-state index contributed by atoms with van der Waals surface area (Å²) >= 11 is 0.